The number of hydrogen-bond acceptors (Lipinski definition) is 5. The van der Waals surface area contributed by atoms with E-state index in [0.717, 1.165) is 32.6 Å². The molecule has 7 heteroatoms. The van der Waals surface area contributed by atoms with Gasteiger partial charge in [-0.15, -0.1) is 0 Å². The smallest absolute Gasteiger partial charge is 0.213 e. The van der Waals surface area contributed by atoms with Gasteiger partial charge in [0.25, 0.3) is 0 Å². The fraction of sp³-hybridized carbons (Fsp3) is 0.692. The summed E-state index contributed by atoms with van der Waals surface area (Å²) in [6.45, 7) is 6.28. The molecule has 0 radical (unpaired) electrons. The van der Waals surface area contributed by atoms with Crippen molar-refractivity contribution in [1.82, 2.24) is 14.9 Å². The Kier molecular flexibility index (Phi) is 5.98. The third kappa shape index (κ3) is 5.49. The lowest BCUT2D eigenvalue weighted by Crippen LogP contribution is -2.46. The highest BCUT2D eigenvalue weighted by atomic mass is 32.2. The Bertz CT molecular complexity index is 482. The van der Waals surface area contributed by atoms with Crippen molar-refractivity contribution in [3.05, 3.63) is 22.4 Å². The summed E-state index contributed by atoms with van der Waals surface area (Å²) in [5.41, 5.74) is 1.19. The molecule has 5 nitrogen and oxygen atoms in total. The van der Waals surface area contributed by atoms with Crippen LogP contribution in [0.1, 0.15) is 12.5 Å². The van der Waals surface area contributed by atoms with E-state index in [-0.39, 0.29) is 11.8 Å². The third-order valence-corrected chi connectivity index (χ3v) is 5.60. The molecule has 2 N–H and O–H groups in total. The number of rotatable bonds is 7. The summed E-state index contributed by atoms with van der Waals surface area (Å²) in [7, 11) is -3.19. The highest BCUT2D eigenvalue weighted by Crippen LogP contribution is 2.09. The maximum Gasteiger partial charge on any atom is 0.213 e. The summed E-state index contributed by atoms with van der Waals surface area (Å²) in [5, 5.41) is 7.34. The monoisotopic (exact) mass is 317 g/mol. The van der Waals surface area contributed by atoms with Gasteiger partial charge in [0.05, 0.1) is 5.75 Å². The molecule has 0 aromatic carbocycles. The number of nitrogens with zero attached hydrogens (tertiary/aromatic N) is 1. The minimum absolute atomic E-state index is 0.0578. The SMILES string of the molecule is CC(Cc1ccsc1)NS(=O)(=O)CCN1CCNCC1. The van der Waals surface area contributed by atoms with Gasteiger partial charge < -0.3 is 5.32 Å². The first-order valence-corrected chi connectivity index (χ1v) is 9.59. The first-order chi connectivity index (χ1) is 9.55. The average molecular weight is 317 g/mol. The summed E-state index contributed by atoms with van der Waals surface area (Å²) in [4.78, 5) is 2.19. The highest BCUT2D eigenvalue weighted by molar-refractivity contribution is 7.89. The van der Waals surface area contributed by atoms with Gasteiger partial charge in [-0.05, 0) is 35.7 Å². The quantitative estimate of drug-likeness (QED) is 0.769. The molecule has 1 atom stereocenters. The molecule has 2 rings (SSSR count). The van der Waals surface area contributed by atoms with Crippen LogP contribution in [0.3, 0.4) is 0 Å². The molecular formula is C13H23N3O2S2. The zero-order valence-electron chi connectivity index (χ0n) is 11.8. The van der Waals surface area contributed by atoms with Crippen LogP contribution in [0.15, 0.2) is 16.8 Å². The fourth-order valence-corrected chi connectivity index (χ4v) is 4.35. The maximum atomic E-state index is 12.1. The van der Waals surface area contributed by atoms with Gasteiger partial charge in [-0.2, -0.15) is 11.3 Å². The highest BCUT2D eigenvalue weighted by Gasteiger charge is 2.17. The van der Waals surface area contributed by atoms with Gasteiger partial charge in [0, 0.05) is 38.8 Å². The normalized spacial score (nSPS) is 19.1. The molecule has 0 amide bonds. The number of thiophene rings is 1. The Balaban J connectivity index is 1.74. The van der Waals surface area contributed by atoms with Gasteiger partial charge in [-0.1, -0.05) is 0 Å². The van der Waals surface area contributed by atoms with Crippen LogP contribution < -0.4 is 10.0 Å². The van der Waals surface area contributed by atoms with E-state index in [1.165, 1.54) is 5.56 Å². The molecule has 1 aromatic heterocycles. The van der Waals surface area contributed by atoms with E-state index in [0.29, 0.717) is 6.54 Å². The van der Waals surface area contributed by atoms with Crippen molar-refractivity contribution in [2.24, 2.45) is 0 Å². The van der Waals surface area contributed by atoms with Crippen LogP contribution in [-0.4, -0.2) is 57.8 Å². The molecule has 0 bridgehead atoms. The zero-order valence-corrected chi connectivity index (χ0v) is 13.5. The molecule has 2 heterocycles. The number of hydrogen-bond donors (Lipinski definition) is 2. The second-order valence-electron chi connectivity index (χ2n) is 5.27. The predicted octanol–water partition coefficient (Wildman–Crippen LogP) is 0.504. The van der Waals surface area contributed by atoms with Crippen molar-refractivity contribution in [3.63, 3.8) is 0 Å². The molecule has 0 aliphatic carbocycles. The Labute approximate surface area is 125 Å². The summed E-state index contributed by atoms with van der Waals surface area (Å²) in [6.07, 6.45) is 0.746. The van der Waals surface area contributed by atoms with Crippen molar-refractivity contribution in [2.45, 2.75) is 19.4 Å². The van der Waals surface area contributed by atoms with Crippen LogP contribution in [0.5, 0.6) is 0 Å². The molecule has 0 saturated carbocycles. The molecule has 1 aliphatic rings. The van der Waals surface area contributed by atoms with E-state index in [1.54, 1.807) is 11.3 Å². The average Bonchev–Trinajstić information content (AvgIpc) is 2.90. The minimum Gasteiger partial charge on any atom is -0.314 e. The van der Waals surface area contributed by atoms with E-state index < -0.39 is 10.0 Å². The van der Waals surface area contributed by atoms with E-state index in [2.05, 4.69) is 20.3 Å². The van der Waals surface area contributed by atoms with Gasteiger partial charge in [0.1, 0.15) is 0 Å². The summed E-state index contributed by atoms with van der Waals surface area (Å²) in [6, 6.07) is 1.98. The number of piperazine rings is 1. The minimum atomic E-state index is -3.19. The van der Waals surface area contributed by atoms with E-state index in [1.807, 2.05) is 18.4 Å². The molecule has 1 saturated heterocycles. The lowest BCUT2D eigenvalue weighted by atomic mass is 10.1. The largest absolute Gasteiger partial charge is 0.314 e. The lowest BCUT2D eigenvalue weighted by molar-refractivity contribution is 0.253. The Hall–Kier alpha value is -0.470. The molecular weight excluding hydrogens is 294 g/mol. The summed E-state index contributed by atoms with van der Waals surface area (Å²) >= 11 is 1.64. The van der Waals surface area contributed by atoms with Gasteiger partial charge in [-0.25, -0.2) is 13.1 Å². The molecule has 1 unspecified atom stereocenters. The first kappa shape index (κ1) is 15.9. The Morgan fingerprint density at radius 3 is 2.85 bits per heavy atom. The van der Waals surface area contributed by atoms with Crippen molar-refractivity contribution in [3.8, 4) is 0 Å². The molecule has 0 spiro atoms. The topological polar surface area (TPSA) is 61.4 Å². The first-order valence-electron chi connectivity index (χ1n) is 6.99. The Morgan fingerprint density at radius 2 is 2.20 bits per heavy atom. The van der Waals surface area contributed by atoms with Gasteiger partial charge in [0.2, 0.25) is 10.0 Å². The van der Waals surface area contributed by atoms with Crippen molar-refractivity contribution in [1.29, 1.82) is 0 Å². The molecule has 1 aliphatic heterocycles. The third-order valence-electron chi connectivity index (χ3n) is 3.39. The molecule has 1 fully saturated rings. The number of sulfonamides is 1. The van der Waals surface area contributed by atoms with Gasteiger partial charge >= 0.3 is 0 Å². The van der Waals surface area contributed by atoms with Crippen LogP contribution in [0.4, 0.5) is 0 Å². The van der Waals surface area contributed by atoms with Crippen LogP contribution in [-0.2, 0) is 16.4 Å². The molecule has 20 heavy (non-hydrogen) atoms. The van der Waals surface area contributed by atoms with E-state index in [9.17, 15) is 8.42 Å². The standard InChI is InChI=1S/C13H23N3O2S2/c1-12(10-13-2-8-19-11-13)15-20(17,18)9-7-16-5-3-14-4-6-16/h2,8,11-12,14-15H,3-7,9-10H2,1H3. The lowest BCUT2D eigenvalue weighted by Gasteiger charge is -2.27. The zero-order chi connectivity index (χ0) is 14.4. The summed E-state index contributed by atoms with van der Waals surface area (Å²) in [5.74, 6) is 0.182. The van der Waals surface area contributed by atoms with Crippen LogP contribution in [0, 0.1) is 0 Å². The van der Waals surface area contributed by atoms with Crippen LogP contribution >= 0.6 is 11.3 Å². The maximum absolute atomic E-state index is 12.1. The second-order valence-corrected chi connectivity index (χ2v) is 7.92. The van der Waals surface area contributed by atoms with Crippen molar-refractivity contribution < 1.29 is 8.42 Å². The summed E-state index contributed by atoms with van der Waals surface area (Å²) < 4.78 is 26.9. The second kappa shape index (κ2) is 7.51. The van der Waals surface area contributed by atoms with Crippen molar-refractivity contribution in [2.75, 3.05) is 38.5 Å². The van der Waals surface area contributed by atoms with Crippen LogP contribution in [0.2, 0.25) is 0 Å². The fourth-order valence-electron chi connectivity index (χ4n) is 2.35. The van der Waals surface area contributed by atoms with Gasteiger partial charge in [-0.3, -0.25) is 4.90 Å². The molecule has 1 aromatic rings. The van der Waals surface area contributed by atoms with Crippen LogP contribution in [0.25, 0.3) is 0 Å². The van der Waals surface area contributed by atoms with Gasteiger partial charge in [0.15, 0.2) is 0 Å². The number of nitrogens with one attached hydrogen (secondary N) is 2. The van der Waals surface area contributed by atoms with E-state index >= 15 is 0 Å². The van der Waals surface area contributed by atoms with E-state index in [4.69, 9.17) is 0 Å². The molecule has 114 valence electrons. The van der Waals surface area contributed by atoms with Crippen molar-refractivity contribution >= 4 is 21.4 Å². The predicted molar refractivity (Wildman–Crippen MR) is 83.7 cm³/mol. The Morgan fingerprint density at radius 1 is 1.45 bits per heavy atom.